The molecule has 3 aliphatic rings. The summed E-state index contributed by atoms with van der Waals surface area (Å²) in [6, 6.07) is 8.64. The third-order valence-corrected chi connectivity index (χ3v) is 8.13. The van der Waals surface area contributed by atoms with Gasteiger partial charge in [-0.3, -0.25) is 14.7 Å². The molecule has 1 saturated heterocycles. The standard InChI is InChI=1S/C29H35FN4O/c1-4-26-23(10-5-18(2)31-26)24-15-21(29(35)33-13-11-32(12-14-33)22-8-9-22)16-25-27(30)19(3)34(28(24)25)17-20-6-7-20/h5,10,15-16,20,22H,4,6-9,11-14,17H2,1-3H3. The molecule has 2 aromatic heterocycles. The maximum atomic E-state index is 15.7. The first-order valence-corrected chi connectivity index (χ1v) is 13.3. The quantitative estimate of drug-likeness (QED) is 0.484. The zero-order chi connectivity index (χ0) is 24.3. The minimum absolute atomic E-state index is 0.00807. The van der Waals surface area contributed by atoms with E-state index in [1.54, 1.807) is 6.07 Å². The van der Waals surface area contributed by atoms with E-state index in [-0.39, 0.29) is 11.7 Å². The fourth-order valence-electron chi connectivity index (χ4n) is 5.73. The van der Waals surface area contributed by atoms with Crippen LogP contribution < -0.4 is 0 Å². The minimum Gasteiger partial charge on any atom is -0.341 e. The fourth-order valence-corrected chi connectivity index (χ4v) is 5.73. The number of amides is 1. The number of pyridine rings is 1. The third kappa shape index (κ3) is 4.16. The Labute approximate surface area is 206 Å². The van der Waals surface area contributed by atoms with Crippen LogP contribution in [0.4, 0.5) is 4.39 Å². The van der Waals surface area contributed by atoms with Gasteiger partial charge in [0, 0.05) is 72.2 Å². The Morgan fingerprint density at radius 1 is 1.03 bits per heavy atom. The summed E-state index contributed by atoms with van der Waals surface area (Å²) < 4.78 is 17.8. The van der Waals surface area contributed by atoms with Gasteiger partial charge in [0.2, 0.25) is 0 Å². The Balaban J connectivity index is 1.47. The molecule has 2 saturated carbocycles. The smallest absolute Gasteiger partial charge is 0.253 e. The normalized spacial score (nSPS) is 19.0. The number of aryl methyl sites for hydroxylation is 2. The molecule has 0 N–H and O–H groups in total. The molecule has 0 radical (unpaired) electrons. The highest BCUT2D eigenvalue weighted by Crippen LogP contribution is 2.39. The summed E-state index contributed by atoms with van der Waals surface area (Å²) in [6.07, 6.45) is 5.76. The number of benzene rings is 1. The lowest BCUT2D eigenvalue weighted by Crippen LogP contribution is -2.49. The largest absolute Gasteiger partial charge is 0.341 e. The van der Waals surface area contributed by atoms with Crippen molar-refractivity contribution in [2.24, 2.45) is 5.92 Å². The Bertz CT molecular complexity index is 1300. The molecule has 0 atom stereocenters. The average molecular weight is 475 g/mol. The number of carbonyl (C=O) groups is 1. The number of nitrogens with zero attached hydrogens (tertiary/aromatic N) is 4. The Morgan fingerprint density at radius 2 is 1.77 bits per heavy atom. The number of piperazine rings is 1. The summed E-state index contributed by atoms with van der Waals surface area (Å²) in [4.78, 5) is 22.9. The Morgan fingerprint density at radius 3 is 2.43 bits per heavy atom. The molecule has 0 spiro atoms. The third-order valence-electron chi connectivity index (χ3n) is 8.13. The van der Waals surface area contributed by atoms with Crippen molar-refractivity contribution >= 4 is 16.8 Å². The Hall–Kier alpha value is -2.73. The summed E-state index contributed by atoms with van der Waals surface area (Å²) >= 11 is 0. The molecule has 0 bridgehead atoms. The number of halogens is 1. The van der Waals surface area contributed by atoms with Gasteiger partial charge in [0.05, 0.1) is 11.2 Å². The van der Waals surface area contributed by atoms with Crippen molar-refractivity contribution in [1.29, 1.82) is 0 Å². The molecule has 35 heavy (non-hydrogen) atoms. The Kier molecular flexibility index (Phi) is 5.67. The van der Waals surface area contributed by atoms with Crippen molar-refractivity contribution in [3.05, 3.63) is 52.7 Å². The van der Waals surface area contributed by atoms with Crippen molar-refractivity contribution < 1.29 is 9.18 Å². The minimum atomic E-state index is -0.201. The topological polar surface area (TPSA) is 41.4 Å². The number of hydrogen-bond donors (Lipinski definition) is 0. The highest BCUT2D eigenvalue weighted by Gasteiger charge is 2.33. The van der Waals surface area contributed by atoms with E-state index >= 15 is 4.39 Å². The van der Waals surface area contributed by atoms with E-state index in [9.17, 15) is 4.79 Å². The molecule has 3 heterocycles. The van der Waals surface area contributed by atoms with E-state index in [1.807, 2.05) is 30.9 Å². The molecule has 3 aromatic rings. The number of aromatic nitrogens is 2. The van der Waals surface area contributed by atoms with E-state index in [2.05, 4.69) is 22.5 Å². The van der Waals surface area contributed by atoms with Crippen LogP contribution in [0.25, 0.3) is 22.0 Å². The fraction of sp³-hybridized carbons (Fsp3) is 0.517. The molecule has 1 aliphatic heterocycles. The average Bonchev–Trinajstić information content (AvgIpc) is 3.80. The molecule has 6 heteroatoms. The molecule has 184 valence electrons. The summed E-state index contributed by atoms with van der Waals surface area (Å²) in [6.45, 7) is 10.1. The first-order chi connectivity index (χ1) is 16.9. The molecule has 6 rings (SSSR count). The van der Waals surface area contributed by atoms with Crippen LogP contribution in [0.5, 0.6) is 0 Å². The van der Waals surface area contributed by atoms with Crippen molar-refractivity contribution in [3.63, 3.8) is 0 Å². The molecule has 2 aliphatic carbocycles. The van der Waals surface area contributed by atoms with E-state index < -0.39 is 0 Å². The van der Waals surface area contributed by atoms with Crippen molar-refractivity contribution in [2.45, 2.75) is 65.5 Å². The van der Waals surface area contributed by atoms with Crippen LogP contribution >= 0.6 is 0 Å². The molecule has 1 aromatic carbocycles. The number of rotatable bonds is 6. The maximum Gasteiger partial charge on any atom is 0.253 e. The second-order valence-corrected chi connectivity index (χ2v) is 10.7. The molecule has 0 unspecified atom stereocenters. The van der Waals surface area contributed by atoms with Gasteiger partial charge < -0.3 is 9.47 Å². The monoisotopic (exact) mass is 474 g/mol. The lowest BCUT2D eigenvalue weighted by Gasteiger charge is -2.35. The SMILES string of the molecule is CCc1nc(C)ccc1-c1cc(C(=O)N2CCN(C3CC3)CC2)cc2c(F)c(C)n(CC3CC3)c12. The molecular weight excluding hydrogens is 439 g/mol. The van der Waals surface area contributed by atoms with Gasteiger partial charge in [0.15, 0.2) is 5.82 Å². The second kappa shape index (κ2) is 8.74. The van der Waals surface area contributed by atoms with Gasteiger partial charge >= 0.3 is 0 Å². The van der Waals surface area contributed by atoms with Crippen LogP contribution in [0.3, 0.4) is 0 Å². The van der Waals surface area contributed by atoms with Gasteiger partial charge in [-0.1, -0.05) is 13.0 Å². The maximum absolute atomic E-state index is 15.7. The lowest BCUT2D eigenvalue weighted by atomic mass is 9.96. The van der Waals surface area contributed by atoms with Crippen LogP contribution in [-0.2, 0) is 13.0 Å². The molecule has 3 fully saturated rings. The van der Waals surface area contributed by atoms with Gasteiger partial charge in [0.25, 0.3) is 5.91 Å². The number of hydrogen-bond acceptors (Lipinski definition) is 3. The van der Waals surface area contributed by atoms with Crippen molar-refractivity contribution in [3.8, 4) is 11.1 Å². The predicted molar refractivity (Wildman–Crippen MR) is 137 cm³/mol. The highest BCUT2D eigenvalue weighted by molar-refractivity contribution is 6.04. The zero-order valence-corrected chi connectivity index (χ0v) is 21.1. The van der Waals surface area contributed by atoms with E-state index in [1.165, 1.54) is 25.7 Å². The van der Waals surface area contributed by atoms with Gasteiger partial charge in [-0.25, -0.2) is 4.39 Å². The van der Waals surface area contributed by atoms with Crippen LogP contribution in [0.2, 0.25) is 0 Å². The summed E-state index contributed by atoms with van der Waals surface area (Å²) in [5.41, 5.74) is 6.04. The van der Waals surface area contributed by atoms with Crippen LogP contribution in [0.1, 0.15) is 60.0 Å². The predicted octanol–water partition coefficient (Wildman–Crippen LogP) is 5.35. The van der Waals surface area contributed by atoms with Gasteiger partial charge in [-0.15, -0.1) is 0 Å². The number of fused-ring (bicyclic) bond motifs is 1. The first-order valence-electron chi connectivity index (χ1n) is 13.3. The first kappa shape index (κ1) is 22.7. The van der Waals surface area contributed by atoms with E-state index in [0.717, 1.165) is 73.2 Å². The van der Waals surface area contributed by atoms with Crippen LogP contribution in [0.15, 0.2) is 24.3 Å². The van der Waals surface area contributed by atoms with Crippen LogP contribution in [-0.4, -0.2) is 57.5 Å². The summed E-state index contributed by atoms with van der Waals surface area (Å²) in [5, 5.41) is 0.559. The molecule has 5 nitrogen and oxygen atoms in total. The van der Waals surface area contributed by atoms with Gasteiger partial charge in [0.1, 0.15) is 0 Å². The number of carbonyl (C=O) groups excluding carboxylic acids is 1. The van der Waals surface area contributed by atoms with Crippen molar-refractivity contribution in [2.75, 3.05) is 26.2 Å². The summed E-state index contributed by atoms with van der Waals surface area (Å²) in [5.74, 6) is 0.421. The zero-order valence-electron chi connectivity index (χ0n) is 21.1. The van der Waals surface area contributed by atoms with Gasteiger partial charge in [-0.2, -0.15) is 0 Å². The van der Waals surface area contributed by atoms with E-state index in [4.69, 9.17) is 4.98 Å². The van der Waals surface area contributed by atoms with Crippen molar-refractivity contribution in [1.82, 2.24) is 19.4 Å². The summed E-state index contributed by atoms with van der Waals surface area (Å²) in [7, 11) is 0. The van der Waals surface area contributed by atoms with E-state index in [0.29, 0.717) is 22.6 Å². The highest BCUT2D eigenvalue weighted by atomic mass is 19.1. The molecule has 1 amide bonds. The van der Waals surface area contributed by atoms with Crippen LogP contribution in [0, 0.1) is 25.6 Å². The lowest BCUT2D eigenvalue weighted by molar-refractivity contribution is 0.0627. The van der Waals surface area contributed by atoms with Gasteiger partial charge in [-0.05, 0) is 70.1 Å². The molecular formula is C29H35FN4O. The second-order valence-electron chi connectivity index (χ2n) is 10.7.